The van der Waals surface area contributed by atoms with Crippen molar-refractivity contribution in [3.8, 4) is 0 Å². The maximum Gasteiger partial charge on any atom is 0.211 e. The Hall–Kier alpha value is -1.02. The predicted octanol–water partition coefficient (Wildman–Crippen LogP) is 3.44. The first-order valence-corrected chi connectivity index (χ1v) is 12.4. The summed E-state index contributed by atoms with van der Waals surface area (Å²) in [7, 11) is -1.26. The van der Waals surface area contributed by atoms with Gasteiger partial charge in [-0.15, -0.1) is 0 Å². The molecule has 0 bridgehead atoms. The summed E-state index contributed by atoms with van der Waals surface area (Å²) in [6.07, 6.45) is 13.1. The monoisotopic (exact) mass is 430 g/mol. The van der Waals surface area contributed by atoms with E-state index < -0.39 is 10.0 Å². The van der Waals surface area contributed by atoms with E-state index in [-0.39, 0.29) is 6.04 Å². The molecule has 0 aliphatic heterocycles. The second-order valence-electron chi connectivity index (χ2n) is 7.70. The Kier molecular flexibility index (Phi) is 8.86. The number of nitrogens with two attached hydrogens (primary N) is 1. The van der Waals surface area contributed by atoms with Gasteiger partial charge in [-0.3, -0.25) is 5.84 Å². The molecule has 0 spiro atoms. The van der Waals surface area contributed by atoms with Gasteiger partial charge in [-0.25, -0.2) is 8.42 Å². The summed E-state index contributed by atoms with van der Waals surface area (Å²) in [5.74, 6) is 5.75. The molecule has 0 radical (unpaired) electrons. The van der Waals surface area contributed by atoms with E-state index in [9.17, 15) is 8.42 Å². The van der Waals surface area contributed by atoms with Gasteiger partial charge in [-0.05, 0) is 43.8 Å². The minimum absolute atomic E-state index is 0.120. The topological polar surface area (TPSA) is 78.7 Å². The molecule has 1 saturated carbocycles. The van der Waals surface area contributed by atoms with Gasteiger partial charge in [-0.2, -0.15) is 4.31 Å². The largest absolute Gasteiger partial charge is 0.373 e. The van der Waals surface area contributed by atoms with Crippen LogP contribution in [0.25, 0.3) is 0 Å². The van der Waals surface area contributed by atoms with Crippen LogP contribution in [0.15, 0.2) is 34.2 Å². The lowest BCUT2D eigenvalue weighted by atomic mass is 9.95. The molecule has 2 rings (SSSR count). The molecule has 0 heterocycles. The smallest absolute Gasteiger partial charge is 0.211 e. The van der Waals surface area contributed by atoms with Crippen LogP contribution in [0, 0.1) is 0 Å². The molecule has 0 unspecified atom stereocenters. The van der Waals surface area contributed by atoms with Crippen LogP contribution >= 0.6 is 11.6 Å². The van der Waals surface area contributed by atoms with Gasteiger partial charge in [0.25, 0.3) is 0 Å². The van der Waals surface area contributed by atoms with E-state index in [1.54, 1.807) is 4.31 Å². The summed E-state index contributed by atoms with van der Waals surface area (Å²) in [5, 5.41) is 0.798. The van der Waals surface area contributed by atoms with Crippen molar-refractivity contribution in [1.29, 1.82) is 0 Å². The first-order valence-electron chi connectivity index (χ1n) is 10.2. The van der Waals surface area contributed by atoms with Crippen molar-refractivity contribution < 1.29 is 8.42 Å². The summed E-state index contributed by atoms with van der Waals surface area (Å²) in [4.78, 5) is 2.10. The minimum Gasteiger partial charge on any atom is -0.373 e. The van der Waals surface area contributed by atoms with Gasteiger partial charge >= 0.3 is 0 Å². The fraction of sp³-hybridized carbons (Fsp3) is 0.700. The molecule has 0 aromatic heterocycles. The number of halogens is 1. The molecule has 28 heavy (non-hydrogen) atoms. The van der Waals surface area contributed by atoms with Gasteiger partial charge in [0.05, 0.1) is 6.26 Å². The van der Waals surface area contributed by atoms with Crippen LogP contribution in [0.4, 0.5) is 0 Å². The predicted molar refractivity (Wildman–Crippen MR) is 117 cm³/mol. The van der Waals surface area contributed by atoms with E-state index in [4.69, 9.17) is 17.4 Å². The molecule has 0 atom stereocenters. The number of sulfonamides is 1. The summed E-state index contributed by atoms with van der Waals surface area (Å²) in [6.45, 7) is 3.16. The molecule has 3 N–H and O–H groups in total. The van der Waals surface area contributed by atoms with E-state index in [1.165, 1.54) is 12.7 Å². The number of hydrogen-bond acceptors (Lipinski definition) is 5. The van der Waals surface area contributed by atoms with Gasteiger partial charge in [0, 0.05) is 42.6 Å². The Balaban J connectivity index is 2.23. The van der Waals surface area contributed by atoms with Crippen molar-refractivity contribution in [2.75, 3.05) is 26.4 Å². The first kappa shape index (κ1) is 23.3. The number of hydrogen-bond donors (Lipinski definition) is 2. The molecule has 1 fully saturated rings. The van der Waals surface area contributed by atoms with Gasteiger partial charge in [0.1, 0.15) is 0 Å². The Morgan fingerprint density at radius 3 is 2.50 bits per heavy atom. The number of likely N-dealkylation sites (N-methyl/N-ethyl adjacent to an activating group) is 1. The van der Waals surface area contributed by atoms with Crippen molar-refractivity contribution in [2.45, 2.75) is 64.3 Å². The lowest BCUT2D eigenvalue weighted by molar-refractivity contribution is 0.237. The second kappa shape index (κ2) is 10.7. The van der Waals surface area contributed by atoms with Gasteiger partial charge in [0.2, 0.25) is 10.0 Å². The third-order valence-electron chi connectivity index (χ3n) is 5.64. The second-order valence-corrected chi connectivity index (χ2v) is 10.1. The van der Waals surface area contributed by atoms with E-state index in [2.05, 4.69) is 23.3 Å². The van der Waals surface area contributed by atoms with Gasteiger partial charge in [-0.1, -0.05) is 43.9 Å². The zero-order valence-corrected chi connectivity index (χ0v) is 19.0. The first-order chi connectivity index (χ1) is 13.3. The van der Waals surface area contributed by atoms with E-state index >= 15 is 0 Å². The molecule has 0 saturated heterocycles. The summed E-state index contributed by atoms with van der Waals surface area (Å²) < 4.78 is 26.5. The fourth-order valence-electron chi connectivity index (χ4n) is 4.14. The normalized spacial score (nSPS) is 26.1. The average molecular weight is 431 g/mol. The third-order valence-corrected chi connectivity index (χ3v) is 7.27. The number of nitrogens with one attached hydrogen (secondary N) is 1. The molecule has 2 aliphatic carbocycles. The lowest BCUT2D eigenvalue weighted by Gasteiger charge is -2.34. The van der Waals surface area contributed by atoms with Crippen LogP contribution in [0.1, 0.15) is 58.3 Å². The van der Waals surface area contributed by atoms with Gasteiger partial charge < -0.3 is 10.3 Å². The highest BCUT2D eigenvalue weighted by molar-refractivity contribution is 7.88. The van der Waals surface area contributed by atoms with Crippen molar-refractivity contribution in [1.82, 2.24) is 14.6 Å². The molecule has 8 heteroatoms. The summed E-state index contributed by atoms with van der Waals surface area (Å²) in [6, 6.07) is 0.120. The molecule has 160 valence electrons. The number of rotatable bonds is 8. The minimum atomic E-state index is -3.24. The van der Waals surface area contributed by atoms with Crippen molar-refractivity contribution in [3.63, 3.8) is 0 Å². The van der Waals surface area contributed by atoms with E-state index in [1.807, 2.05) is 13.1 Å². The molecular weight excluding hydrogens is 396 g/mol. The maximum absolute atomic E-state index is 12.4. The van der Waals surface area contributed by atoms with Crippen LogP contribution in [-0.4, -0.2) is 50.1 Å². The van der Waals surface area contributed by atoms with Crippen LogP contribution in [-0.2, 0) is 10.0 Å². The highest BCUT2D eigenvalue weighted by atomic mass is 35.5. The average Bonchev–Trinajstić information content (AvgIpc) is 2.64. The molecule has 0 amide bonds. The highest BCUT2D eigenvalue weighted by Crippen LogP contribution is 2.28. The fourth-order valence-corrected chi connectivity index (χ4v) is 5.52. The molecular formula is C20H35ClN4O2S. The van der Waals surface area contributed by atoms with Crippen molar-refractivity contribution in [2.24, 2.45) is 5.84 Å². The SMILES string of the molecule is CCC1=C(N(C)CCN(C2CCCCC2)S(C)(=O)=O)/C=C(/Cl)CC/C=C\1NN. The van der Waals surface area contributed by atoms with E-state index in [0.717, 1.165) is 66.9 Å². The van der Waals surface area contributed by atoms with Crippen LogP contribution < -0.4 is 11.3 Å². The summed E-state index contributed by atoms with van der Waals surface area (Å²) in [5.41, 5.74) is 5.81. The highest BCUT2D eigenvalue weighted by Gasteiger charge is 2.28. The standard InChI is InChI=1S/C20H35ClN4O2S/c1-4-18-19(23-22)12-8-9-16(21)15-20(18)24(2)13-14-25(28(3,26)27)17-10-6-5-7-11-17/h12,15,17,23H,4-11,13-14,22H2,1-3H3/b16-15+,19-12+,20-18+. The third kappa shape index (κ3) is 6.24. The van der Waals surface area contributed by atoms with Crippen LogP contribution in [0.5, 0.6) is 0 Å². The number of hydrazine groups is 1. The lowest BCUT2D eigenvalue weighted by Crippen LogP contribution is -2.44. The molecule has 0 aromatic rings. The molecule has 6 nitrogen and oxygen atoms in total. The van der Waals surface area contributed by atoms with Crippen LogP contribution in [0.3, 0.4) is 0 Å². The van der Waals surface area contributed by atoms with Gasteiger partial charge in [0.15, 0.2) is 0 Å². The Morgan fingerprint density at radius 2 is 1.93 bits per heavy atom. The quantitative estimate of drug-likeness (QED) is 0.455. The molecule has 0 aromatic carbocycles. The number of allylic oxidation sites excluding steroid dienone is 4. The Labute approximate surface area is 175 Å². The van der Waals surface area contributed by atoms with E-state index in [0.29, 0.717) is 13.1 Å². The van der Waals surface area contributed by atoms with Crippen molar-refractivity contribution in [3.05, 3.63) is 34.2 Å². The molecule has 2 aliphatic rings. The van der Waals surface area contributed by atoms with Crippen molar-refractivity contribution >= 4 is 21.6 Å². The maximum atomic E-state index is 12.4. The Morgan fingerprint density at radius 1 is 1.25 bits per heavy atom. The number of nitrogens with zero attached hydrogens (tertiary/aromatic N) is 2. The zero-order valence-electron chi connectivity index (χ0n) is 17.4. The zero-order chi connectivity index (χ0) is 20.7. The summed E-state index contributed by atoms with van der Waals surface area (Å²) >= 11 is 6.42. The Bertz CT molecular complexity index is 724. The van der Waals surface area contributed by atoms with Crippen LogP contribution in [0.2, 0.25) is 0 Å².